The number of esters is 1. The van der Waals surface area contributed by atoms with Gasteiger partial charge in [0, 0.05) is 16.0 Å². The topological polar surface area (TPSA) is 72.6 Å². The number of para-hydroxylation sites is 1. The minimum absolute atomic E-state index is 0.361. The molecule has 0 fully saturated rings. The van der Waals surface area contributed by atoms with Gasteiger partial charge < -0.3 is 4.74 Å². The van der Waals surface area contributed by atoms with Gasteiger partial charge in [0.1, 0.15) is 0 Å². The summed E-state index contributed by atoms with van der Waals surface area (Å²) in [5, 5.41) is 3.10. The SMILES string of the molecule is COC(=O)c1ccc(C(=O)N(N)c2ccccc2-c2cccs2)cc1. The number of anilines is 1. The molecule has 1 aromatic heterocycles. The van der Waals surface area contributed by atoms with Gasteiger partial charge in [-0.1, -0.05) is 24.3 Å². The molecule has 5 nitrogen and oxygen atoms in total. The molecular weight excluding hydrogens is 336 g/mol. The highest BCUT2D eigenvalue weighted by Crippen LogP contribution is 2.33. The number of carbonyl (C=O) groups is 2. The van der Waals surface area contributed by atoms with E-state index >= 15 is 0 Å². The molecular formula is C19H16N2O3S. The largest absolute Gasteiger partial charge is 0.465 e. The third kappa shape index (κ3) is 3.45. The number of ether oxygens (including phenoxy) is 1. The van der Waals surface area contributed by atoms with Crippen LogP contribution in [0.5, 0.6) is 0 Å². The van der Waals surface area contributed by atoms with Gasteiger partial charge in [-0.05, 0) is 41.8 Å². The first kappa shape index (κ1) is 16.9. The summed E-state index contributed by atoms with van der Waals surface area (Å²) in [7, 11) is 1.31. The smallest absolute Gasteiger partial charge is 0.337 e. The molecule has 6 heteroatoms. The Morgan fingerprint density at radius 1 is 0.960 bits per heavy atom. The summed E-state index contributed by atoms with van der Waals surface area (Å²) in [6, 6.07) is 17.6. The van der Waals surface area contributed by atoms with Crippen LogP contribution in [0.3, 0.4) is 0 Å². The molecule has 1 heterocycles. The fourth-order valence-corrected chi connectivity index (χ4v) is 3.20. The minimum Gasteiger partial charge on any atom is -0.465 e. The summed E-state index contributed by atoms with van der Waals surface area (Å²) in [6.45, 7) is 0. The summed E-state index contributed by atoms with van der Waals surface area (Å²) in [5.41, 5.74) is 2.27. The van der Waals surface area contributed by atoms with Crippen molar-refractivity contribution in [3.8, 4) is 10.4 Å². The number of hydrogen-bond donors (Lipinski definition) is 1. The summed E-state index contributed by atoms with van der Waals surface area (Å²) >= 11 is 1.58. The van der Waals surface area contributed by atoms with E-state index in [1.165, 1.54) is 19.2 Å². The highest BCUT2D eigenvalue weighted by molar-refractivity contribution is 7.13. The third-order valence-corrected chi connectivity index (χ3v) is 4.63. The van der Waals surface area contributed by atoms with E-state index in [4.69, 9.17) is 5.84 Å². The number of thiophene rings is 1. The number of nitrogens with two attached hydrogens (primary N) is 1. The molecule has 126 valence electrons. The second kappa shape index (κ2) is 7.29. The zero-order chi connectivity index (χ0) is 17.8. The predicted molar refractivity (Wildman–Crippen MR) is 98.5 cm³/mol. The van der Waals surface area contributed by atoms with Crippen LogP contribution >= 0.6 is 11.3 Å². The number of nitrogens with zero attached hydrogens (tertiary/aromatic N) is 1. The van der Waals surface area contributed by atoms with Crippen molar-refractivity contribution in [3.63, 3.8) is 0 Å². The van der Waals surface area contributed by atoms with Crippen LogP contribution in [0, 0.1) is 0 Å². The van der Waals surface area contributed by atoms with Crippen LogP contribution in [0.15, 0.2) is 66.0 Å². The van der Waals surface area contributed by atoms with Crippen molar-refractivity contribution >= 4 is 28.9 Å². The van der Waals surface area contributed by atoms with Gasteiger partial charge in [0.15, 0.2) is 0 Å². The molecule has 0 aliphatic carbocycles. The van der Waals surface area contributed by atoms with E-state index in [-0.39, 0.29) is 5.91 Å². The second-order valence-corrected chi connectivity index (χ2v) is 6.19. The van der Waals surface area contributed by atoms with Gasteiger partial charge >= 0.3 is 5.97 Å². The molecule has 0 saturated heterocycles. The molecule has 0 radical (unpaired) electrons. The lowest BCUT2D eigenvalue weighted by Crippen LogP contribution is -2.37. The summed E-state index contributed by atoms with van der Waals surface area (Å²) < 4.78 is 4.65. The molecule has 2 N–H and O–H groups in total. The predicted octanol–water partition coefficient (Wildman–Crippen LogP) is 3.72. The van der Waals surface area contributed by atoms with E-state index in [0.717, 1.165) is 15.4 Å². The number of methoxy groups -OCH3 is 1. The first-order valence-corrected chi connectivity index (χ1v) is 8.40. The fourth-order valence-electron chi connectivity index (χ4n) is 2.44. The van der Waals surface area contributed by atoms with Crippen LogP contribution in [0.25, 0.3) is 10.4 Å². The van der Waals surface area contributed by atoms with Gasteiger partial charge in [0.2, 0.25) is 0 Å². The number of hydrazine groups is 1. The van der Waals surface area contributed by atoms with Crippen molar-refractivity contribution in [2.45, 2.75) is 0 Å². The summed E-state index contributed by atoms with van der Waals surface area (Å²) in [5.74, 6) is 5.29. The number of carbonyl (C=O) groups excluding carboxylic acids is 2. The maximum Gasteiger partial charge on any atom is 0.337 e. The Morgan fingerprint density at radius 2 is 1.64 bits per heavy atom. The van der Waals surface area contributed by atoms with Crippen molar-refractivity contribution in [1.29, 1.82) is 0 Å². The Kier molecular flexibility index (Phi) is 4.92. The lowest BCUT2D eigenvalue weighted by molar-refractivity contribution is 0.0600. The van der Waals surface area contributed by atoms with Gasteiger partial charge in [-0.2, -0.15) is 0 Å². The highest BCUT2D eigenvalue weighted by atomic mass is 32.1. The van der Waals surface area contributed by atoms with E-state index in [9.17, 15) is 9.59 Å². The molecule has 2 aromatic carbocycles. The van der Waals surface area contributed by atoms with Gasteiger partial charge in [-0.3, -0.25) is 4.79 Å². The van der Waals surface area contributed by atoms with Gasteiger partial charge in [0.25, 0.3) is 5.91 Å². The molecule has 0 atom stereocenters. The average Bonchev–Trinajstić information content (AvgIpc) is 3.21. The Labute approximate surface area is 149 Å². The van der Waals surface area contributed by atoms with Crippen LogP contribution in [0.1, 0.15) is 20.7 Å². The van der Waals surface area contributed by atoms with Crippen molar-refractivity contribution in [2.24, 2.45) is 5.84 Å². The van der Waals surface area contributed by atoms with E-state index in [1.807, 2.05) is 35.7 Å². The van der Waals surface area contributed by atoms with Crippen molar-refractivity contribution in [2.75, 3.05) is 12.1 Å². The summed E-state index contributed by atoms with van der Waals surface area (Å²) in [4.78, 5) is 25.2. The molecule has 0 spiro atoms. The lowest BCUT2D eigenvalue weighted by Gasteiger charge is -2.19. The lowest BCUT2D eigenvalue weighted by atomic mass is 10.1. The Hall–Kier alpha value is -2.96. The molecule has 0 bridgehead atoms. The quantitative estimate of drug-likeness (QED) is 0.336. The molecule has 0 saturated carbocycles. The van der Waals surface area contributed by atoms with Crippen molar-refractivity contribution in [3.05, 3.63) is 77.2 Å². The molecule has 3 rings (SSSR count). The van der Waals surface area contributed by atoms with E-state index in [1.54, 1.807) is 29.5 Å². The maximum absolute atomic E-state index is 12.7. The van der Waals surface area contributed by atoms with Crippen LogP contribution in [-0.4, -0.2) is 19.0 Å². The van der Waals surface area contributed by atoms with E-state index < -0.39 is 5.97 Å². The van der Waals surface area contributed by atoms with Crippen LogP contribution in [-0.2, 0) is 4.74 Å². The Balaban J connectivity index is 1.90. The number of rotatable bonds is 4. The second-order valence-electron chi connectivity index (χ2n) is 5.24. The Morgan fingerprint density at radius 3 is 2.28 bits per heavy atom. The van der Waals surface area contributed by atoms with Crippen LogP contribution < -0.4 is 10.9 Å². The first-order chi connectivity index (χ1) is 12.1. The van der Waals surface area contributed by atoms with Crippen molar-refractivity contribution < 1.29 is 14.3 Å². The van der Waals surface area contributed by atoms with E-state index in [0.29, 0.717) is 16.8 Å². The fraction of sp³-hybridized carbons (Fsp3) is 0.0526. The average molecular weight is 352 g/mol. The monoisotopic (exact) mass is 352 g/mol. The zero-order valence-corrected chi connectivity index (χ0v) is 14.3. The first-order valence-electron chi connectivity index (χ1n) is 7.52. The highest BCUT2D eigenvalue weighted by Gasteiger charge is 2.18. The van der Waals surface area contributed by atoms with Crippen LogP contribution in [0.2, 0.25) is 0 Å². The molecule has 1 amide bonds. The van der Waals surface area contributed by atoms with Gasteiger partial charge in [-0.15, -0.1) is 11.3 Å². The molecule has 0 aliphatic heterocycles. The minimum atomic E-state index is -0.452. The number of hydrogen-bond acceptors (Lipinski definition) is 5. The van der Waals surface area contributed by atoms with E-state index in [2.05, 4.69) is 4.74 Å². The zero-order valence-electron chi connectivity index (χ0n) is 13.5. The van der Waals surface area contributed by atoms with Crippen LogP contribution in [0.4, 0.5) is 5.69 Å². The molecule has 25 heavy (non-hydrogen) atoms. The normalized spacial score (nSPS) is 10.3. The molecule has 3 aromatic rings. The number of benzene rings is 2. The summed E-state index contributed by atoms with van der Waals surface area (Å²) in [6.07, 6.45) is 0. The molecule has 0 unspecified atom stereocenters. The Bertz CT molecular complexity index is 889. The standard InChI is InChI=1S/C19H16N2O3S/c1-24-19(23)14-10-8-13(9-11-14)18(22)21(20)16-6-3-2-5-15(16)17-7-4-12-25-17/h2-12H,20H2,1H3. The third-order valence-electron chi connectivity index (χ3n) is 3.72. The van der Waals surface area contributed by atoms with Gasteiger partial charge in [0.05, 0.1) is 18.4 Å². The number of amides is 1. The maximum atomic E-state index is 12.7. The van der Waals surface area contributed by atoms with Gasteiger partial charge in [-0.25, -0.2) is 15.6 Å². The molecule has 0 aliphatic rings. The van der Waals surface area contributed by atoms with Crippen molar-refractivity contribution in [1.82, 2.24) is 0 Å².